The van der Waals surface area contributed by atoms with E-state index in [0.717, 1.165) is 32.4 Å². The van der Waals surface area contributed by atoms with Gasteiger partial charge in [0.25, 0.3) is 11.3 Å². The molecule has 0 saturated carbocycles. The standard InChI is InChI=1S/C32H39FN6O6S/c1-21(2)20-45-32(40)31-30(25-16-23(33)4-6-26(25)34-31)27-19-38(36-35-27)18-22-8-10-37(11-9-22)12-13-39(46(41)42)24-5-7-28-29(17-24)44-15-3-14-43-28/h4-7,16-17,19,21-22,34H,3,8-15,18,20H2,1-2H3,(H,41,42). The number of likely N-dealkylation sites (tertiary alicyclic amines) is 1. The Morgan fingerprint density at radius 3 is 2.72 bits per heavy atom. The lowest BCUT2D eigenvalue weighted by molar-refractivity contribution is 0.0454. The van der Waals surface area contributed by atoms with Gasteiger partial charge in [-0.15, -0.1) is 5.10 Å². The Labute approximate surface area is 269 Å². The van der Waals surface area contributed by atoms with Crippen LogP contribution in [-0.2, 0) is 22.5 Å². The summed E-state index contributed by atoms with van der Waals surface area (Å²) in [6.45, 7) is 8.65. The van der Waals surface area contributed by atoms with Crippen LogP contribution in [-0.4, -0.2) is 85.6 Å². The maximum absolute atomic E-state index is 14.2. The summed E-state index contributed by atoms with van der Waals surface area (Å²) >= 11 is -2.19. The Morgan fingerprint density at radius 2 is 1.96 bits per heavy atom. The highest BCUT2D eigenvalue weighted by Crippen LogP contribution is 2.35. The minimum atomic E-state index is -2.19. The first-order chi connectivity index (χ1) is 22.2. The van der Waals surface area contributed by atoms with Crippen LogP contribution < -0.4 is 13.8 Å². The second kappa shape index (κ2) is 14.2. The first kappa shape index (κ1) is 32.0. The number of esters is 1. The molecule has 4 heterocycles. The van der Waals surface area contributed by atoms with Crippen molar-refractivity contribution in [3.05, 3.63) is 54.1 Å². The van der Waals surface area contributed by atoms with Gasteiger partial charge in [-0.25, -0.2) is 13.4 Å². The van der Waals surface area contributed by atoms with E-state index in [2.05, 4.69) is 20.2 Å². The van der Waals surface area contributed by atoms with E-state index >= 15 is 0 Å². The monoisotopic (exact) mass is 654 g/mol. The van der Waals surface area contributed by atoms with Crippen molar-refractivity contribution in [3.8, 4) is 22.8 Å². The van der Waals surface area contributed by atoms with E-state index in [-0.39, 0.29) is 18.2 Å². The molecule has 0 amide bonds. The van der Waals surface area contributed by atoms with Crippen LogP contribution in [0.3, 0.4) is 0 Å². The molecule has 1 fully saturated rings. The molecular weight excluding hydrogens is 615 g/mol. The molecule has 2 aromatic carbocycles. The summed E-state index contributed by atoms with van der Waals surface area (Å²) in [5.74, 6) is 0.822. The number of aromatic nitrogens is 4. The molecule has 246 valence electrons. The average Bonchev–Trinajstić information content (AvgIpc) is 3.57. The van der Waals surface area contributed by atoms with Crippen LogP contribution in [0, 0.1) is 17.7 Å². The molecule has 2 N–H and O–H groups in total. The number of hydrogen-bond donors (Lipinski definition) is 2. The molecule has 4 aromatic rings. The number of nitrogens with zero attached hydrogens (tertiary/aromatic N) is 5. The number of aromatic amines is 1. The van der Waals surface area contributed by atoms with Crippen molar-refractivity contribution in [2.24, 2.45) is 11.8 Å². The molecule has 1 atom stereocenters. The number of nitrogens with one attached hydrogen (secondary N) is 1. The minimum absolute atomic E-state index is 0.170. The zero-order chi connectivity index (χ0) is 32.2. The van der Waals surface area contributed by atoms with Gasteiger partial charge in [0.15, 0.2) is 11.5 Å². The minimum Gasteiger partial charge on any atom is -0.490 e. The highest BCUT2D eigenvalue weighted by Gasteiger charge is 2.26. The quantitative estimate of drug-likeness (QED) is 0.171. The van der Waals surface area contributed by atoms with E-state index < -0.39 is 23.1 Å². The van der Waals surface area contributed by atoms with E-state index in [1.807, 2.05) is 13.8 Å². The largest absolute Gasteiger partial charge is 0.490 e. The SMILES string of the molecule is CC(C)COC(=O)c1[nH]c2ccc(F)cc2c1-c1cn(CC2CCN(CCN(c3ccc4c(c3)OCCCO4)S(=O)O)CC2)nn1. The topological polar surface area (TPSA) is 135 Å². The summed E-state index contributed by atoms with van der Waals surface area (Å²) in [6, 6.07) is 9.66. The summed E-state index contributed by atoms with van der Waals surface area (Å²) < 4.78 is 56.7. The molecule has 0 spiro atoms. The van der Waals surface area contributed by atoms with Gasteiger partial charge in [0.05, 0.1) is 31.7 Å². The van der Waals surface area contributed by atoms with Crippen molar-refractivity contribution >= 4 is 33.8 Å². The fourth-order valence-electron chi connectivity index (χ4n) is 5.89. The van der Waals surface area contributed by atoms with Gasteiger partial charge >= 0.3 is 5.97 Å². The molecule has 1 saturated heterocycles. The number of H-pyrrole nitrogens is 1. The number of piperidine rings is 1. The third-order valence-corrected chi connectivity index (χ3v) is 9.06. The molecule has 1 unspecified atom stereocenters. The number of anilines is 1. The number of fused-ring (bicyclic) bond motifs is 2. The number of ether oxygens (including phenoxy) is 3. The first-order valence-corrected chi connectivity index (χ1v) is 16.7. The molecule has 0 radical (unpaired) electrons. The van der Waals surface area contributed by atoms with Gasteiger partial charge in [0.2, 0.25) is 0 Å². The van der Waals surface area contributed by atoms with Crippen LogP contribution in [0.15, 0.2) is 42.6 Å². The third-order valence-electron chi connectivity index (χ3n) is 8.29. The molecule has 0 aliphatic carbocycles. The normalized spacial score (nSPS) is 16.5. The highest BCUT2D eigenvalue weighted by molar-refractivity contribution is 7.80. The fourth-order valence-corrected chi connectivity index (χ4v) is 6.43. The zero-order valence-corrected chi connectivity index (χ0v) is 26.8. The molecule has 2 aliphatic rings. The number of rotatable bonds is 11. The van der Waals surface area contributed by atoms with Crippen molar-refractivity contribution in [1.82, 2.24) is 24.9 Å². The zero-order valence-electron chi connectivity index (χ0n) is 26.0. The van der Waals surface area contributed by atoms with Crippen molar-refractivity contribution < 1.29 is 32.2 Å². The predicted octanol–water partition coefficient (Wildman–Crippen LogP) is 4.89. The Kier molecular flexibility index (Phi) is 9.85. The van der Waals surface area contributed by atoms with Crippen LogP contribution in [0.25, 0.3) is 22.2 Å². The van der Waals surface area contributed by atoms with Crippen LogP contribution in [0.4, 0.5) is 10.1 Å². The predicted molar refractivity (Wildman–Crippen MR) is 172 cm³/mol. The number of halogens is 1. The maximum atomic E-state index is 14.2. The lowest BCUT2D eigenvalue weighted by Gasteiger charge is -2.33. The van der Waals surface area contributed by atoms with E-state index in [9.17, 15) is 17.9 Å². The second-order valence-corrected chi connectivity index (χ2v) is 13.1. The number of benzene rings is 2. The van der Waals surface area contributed by atoms with Gasteiger partial charge in [0.1, 0.15) is 17.2 Å². The Bertz CT molecular complexity index is 1700. The van der Waals surface area contributed by atoms with Gasteiger partial charge < -0.3 is 24.1 Å². The van der Waals surface area contributed by atoms with Crippen LogP contribution >= 0.6 is 0 Å². The van der Waals surface area contributed by atoms with Gasteiger partial charge in [-0.1, -0.05) is 19.1 Å². The maximum Gasteiger partial charge on any atom is 0.355 e. The number of hydrogen-bond acceptors (Lipinski definition) is 8. The molecular formula is C32H39FN6O6S. The Hall–Kier alpha value is -4.01. The Morgan fingerprint density at radius 1 is 1.17 bits per heavy atom. The second-order valence-electron chi connectivity index (χ2n) is 12.2. The first-order valence-electron chi connectivity index (χ1n) is 15.6. The van der Waals surface area contributed by atoms with E-state index in [1.54, 1.807) is 35.1 Å². The lowest BCUT2D eigenvalue weighted by atomic mass is 9.97. The number of carbonyl (C=O) groups is 1. The molecule has 0 bridgehead atoms. The molecule has 6 rings (SSSR count). The molecule has 12 nitrogen and oxygen atoms in total. The van der Waals surface area contributed by atoms with Crippen molar-refractivity contribution in [1.29, 1.82) is 0 Å². The lowest BCUT2D eigenvalue weighted by Crippen LogP contribution is -2.40. The fraction of sp³-hybridized carbons (Fsp3) is 0.469. The van der Waals surface area contributed by atoms with Gasteiger partial charge in [-0.2, -0.15) is 0 Å². The summed E-state index contributed by atoms with van der Waals surface area (Å²) in [7, 11) is 0. The molecule has 2 aliphatic heterocycles. The molecule has 2 aromatic heterocycles. The average molecular weight is 655 g/mol. The van der Waals surface area contributed by atoms with Gasteiger partial charge in [-0.05, 0) is 68.1 Å². The number of carbonyl (C=O) groups excluding carboxylic acids is 1. The highest BCUT2D eigenvalue weighted by atomic mass is 32.2. The van der Waals surface area contributed by atoms with E-state index in [4.69, 9.17) is 14.2 Å². The Balaban J connectivity index is 1.07. The van der Waals surface area contributed by atoms with Gasteiger partial charge in [-0.3, -0.25) is 13.5 Å². The summed E-state index contributed by atoms with van der Waals surface area (Å²) in [5, 5.41) is 9.25. The van der Waals surface area contributed by atoms with E-state index in [1.165, 1.54) is 16.4 Å². The van der Waals surface area contributed by atoms with Crippen LogP contribution in [0.2, 0.25) is 0 Å². The summed E-state index contributed by atoms with van der Waals surface area (Å²) in [4.78, 5) is 18.4. The smallest absolute Gasteiger partial charge is 0.355 e. The van der Waals surface area contributed by atoms with E-state index in [0.29, 0.717) is 78.1 Å². The summed E-state index contributed by atoms with van der Waals surface area (Å²) in [6.07, 6.45) is 4.43. The van der Waals surface area contributed by atoms with Crippen LogP contribution in [0.5, 0.6) is 11.5 Å². The molecule has 14 heteroatoms. The summed E-state index contributed by atoms with van der Waals surface area (Å²) in [5.41, 5.74) is 2.40. The van der Waals surface area contributed by atoms with Crippen molar-refractivity contribution in [2.75, 3.05) is 50.3 Å². The molecule has 46 heavy (non-hydrogen) atoms. The van der Waals surface area contributed by atoms with Gasteiger partial charge in [0, 0.05) is 48.6 Å². The third kappa shape index (κ3) is 7.34. The van der Waals surface area contributed by atoms with Crippen LogP contribution in [0.1, 0.15) is 43.6 Å². The van der Waals surface area contributed by atoms with Crippen molar-refractivity contribution in [2.45, 2.75) is 39.7 Å². The van der Waals surface area contributed by atoms with Crippen molar-refractivity contribution in [3.63, 3.8) is 0 Å².